The summed E-state index contributed by atoms with van der Waals surface area (Å²) < 4.78 is 2.01. The SMILES string of the molecule is CCn1nc(CO)c2c1CCN(Cc1ccncc1Cl)C2. The highest BCUT2D eigenvalue weighted by Crippen LogP contribution is 2.25. The molecule has 112 valence electrons. The Morgan fingerprint density at radius 2 is 2.29 bits per heavy atom. The van der Waals surface area contributed by atoms with E-state index in [1.807, 2.05) is 10.7 Å². The fraction of sp³-hybridized carbons (Fsp3) is 0.467. The molecule has 0 aliphatic carbocycles. The zero-order valence-electron chi connectivity index (χ0n) is 12.1. The van der Waals surface area contributed by atoms with Gasteiger partial charge >= 0.3 is 0 Å². The molecule has 1 aliphatic rings. The smallest absolute Gasteiger partial charge is 0.0926 e. The van der Waals surface area contributed by atoms with Crippen LogP contribution in [0.1, 0.15) is 29.4 Å². The van der Waals surface area contributed by atoms with E-state index >= 15 is 0 Å². The Morgan fingerprint density at radius 1 is 1.43 bits per heavy atom. The van der Waals surface area contributed by atoms with E-state index in [-0.39, 0.29) is 6.61 Å². The lowest BCUT2D eigenvalue weighted by atomic mass is 10.0. The summed E-state index contributed by atoms with van der Waals surface area (Å²) in [5, 5.41) is 14.7. The monoisotopic (exact) mass is 306 g/mol. The van der Waals surface area contributed by atoms with Crippen molar-refractivity contribution in [2.24, 2.45) is 0 Å². The summed E-state index contributed by atoms with van der Waals surface area (Å²) >= 11 is 6.18. The molecular weight excluding hydrogens is 288 g/mol. The van der Waals surface area contributed by atoms with E-state index < -0.39 is 0 Å². The second-order valence-corrected chi connectivity index (χ2v) is 5.68. The van der Waals surface area contributed by atoms with Gasteiger partial charge in [-0.05, 0) is 18.6 Å². The van der Waals surface area contributed by atoms with Gasteiger partial charge in [-0.2, -0.15) is 5.10 Å². The highest BCUT2D eigenvalue weighted by atomic mass is 35.5. The molecule has 3 rings (SSSR count). The van der Waals surface area contributed by atoms with Crippen LogP contribution >= 0.6 is 11.6 Å². The van der Waals surface area contributed by atoms with Gasteiger partial charge in [0.2, 0.25) is 0 Å². The predicted octanol–water partition coefficient (Wildman–Crippen LogP) is 2.00. The van der Waals surface area contributed by atoms with E-state index in [0.717, 1.165) is 43.9 Å². The highest BCUT2D eigenvalue weighted by Gasteiger charge is 2.24. The minimum absolute atomic E-state index is 0.000807. The number of nitrogens with zero attached hydrogens (tertiary/aromatic N) is 4. The minimum atomic E-state index is -0.000807. The molecule has 0 atom stereocenters. The molecule has 2 aromatic rings. The van der Waals surface area contributed by atoms with Gasteiger partial charge in [-0.1, -0.05) is 11.6 Å². The van der Waals surface area contributed by atoms with Crippen LogP contribution < -0.4 is 0 Å². The zero-order chi connectivity index (χ0) is 14.8. The van der Waals surface area contributed by atoms with Crippen LogP contribution in [0.3, 0.4) is 0 Å². The van der Waals surface area contributed by atoms with Gasteiger partial charge in [-0.3, -0.25) is 14.6 Å². The van der Waals surface area contributed by atoms with Gasteiger partial charge in [0.05, 0.1) is 17.3 Å². The molecule has 0 bridgehead atoms. The first-order chi connectivity index (χ1) is 10.2. The Morgan fingerprint density at radius 3 is 3.00 bits per heavy atom. The van der Waals surface area contributed by atoms with Crippen molar-refractivity contribution in [3.8, 4) is 0 Å². The standard InChI is InChI=1S/C15H19ClN4O/c1-2-20-15-4-6-19(9-12(15)14(10-21)18-20)8-11-3-5-17-7-13(11)16/h3,5,7,21H,2,4,6,8-10H2,1H3. The van der Waals surface area contributed by atoms with E-state index in [1.165, 1.54) is 11.3 Å². The zero-order valence-corrected chi connectivity index (χ0v) is 12.8. The molecule has 2 aromatic heterocycles. The molecule has 0 unspecified atom stereocenters. The van der Waals surface area contributed by atoms with Gasteiger partial charge in [0.15, 0.2) is 0 Å². The van der Waals surface area contributed by atoms with Gasteiger partial charge < -0.3 is 5.11 Å². The number of hydrogen-bond donors (Lipinski definition) is 1. The van der Waals surface area contributed by atoms with E-state index in [2.05, 4.69) is 21.9 Å². The van der Waals surface area contributed by atoms with Crippen molar-refractivity contribution in [3.05, 3.63) is 46.0 Å². The van der Waals surface area contributed by atoms with Crippen LogP contribution in [0.25, 0.3) is 0 Å². The molecule has 0 spiro atoms. The van der Waals surface area contributed by atoms with Crippen molar-refractivity contribution in [1.29, 1.82) is 0 Å². The number of rotatable bonds is 4. The maximum Gasteiger partial charge on any atom is 0.0926 e. The molecule has 0 saturated carbocycles. The molecule has 0 amide bonds. The van der Waals surface area contributed by atoms with Gasteiger partial charge in [0.25, 0.3) is 0 Å². The number of aryl methyl sites for hydroxylation is 1. The predicted molar refractivity (Wildman–Crippen MR) is 80.9 cm³/mol. The van der Waals surface area contributed by atoms with Crippen molar-refractivity contribution in [3.63, 3.8) is 0 Å². The Kier molecular flexibility index (Phi) is 4.24. The molecule has 5 nitrogen and oxygen atoms in total. The second-order valence-electron chi connectivity index (χ2n) is 5.27. The fourth-order valence-electron chi connectivity index (χ4n) is 2.91. The van der Waals surface area contributed by atoms with Gasteiger partial charge in [0, 0.05) is 56.3 Å². The Bertz CT molecular complexity index is 641. The van der Waals surface area contributed by atoms with Gasteiger partial charge in [-0.15, -0.1) is 0 Å². The lowest BCUT2D eigenvalue weighted by molar-refractivity contribution is 0.236. The van der Waals surface area contributed by atoms with Crippen LogP contribution in [0.15, 0.2) is 18.5 Å². The number of pyridine rings is 1. The molecule has 1 aliphatic heterocycles. The summed E-state index contributed by atoms with van der Waals surface area (Å²) in [6.45, 7) is 5.50. The van der Waals surface area contributed by atoms with Crippen LogP contribution in [0.4, 0.5) is 0 Å². The normalized spacial score (nSPS) is 15.2. The molecule has 0 saturated heterocycles. The number of aliphatic hydroxyl groups excluding tert-OH is 1. The Balaban J connectivity index is 1.81. The van der Waals surface area contributed by atoms with E-state index in [1.54, 1.807) is 12.4 Å². The molecule has 0 radical (unpaired) electrons. The Labute approximate surface area is 129 Å². The van der Waals surface area contributed by atoms with Crippen molar-refractivity contribution >= 4 is 11.6 Å². The third kappa shape index (κ3) is 2.81. The molecule has 21 heavy (non-hydrogen) atoms. The molecular formula is C15H19ClN4O. The summed E-state index contributed by atoms with van der Waals surface area (Å²) in [5.74, 6) is 0. The van der Waals surface area contributed by atoms with E-state index in [9.17, 15) is 5.11 Å². The lowest BCUT2D eigenvalue weighted by Crippen LogP contribution is -2.31. The molecule has 1 N–H and O–H groups in total. The highest BCUT2D eigenvalue weighted by molar-refractivity contribution is 6.31. The van der Waals surface area contributed by atoms with Crippen LogP contribution in [0, 0.1) is 0 Å². The van der Waals surface area contributed by atoms with Crippen molar-refractivity contribution < 1.29 is 5.11 Å². The van der Waals surface area contributed by atoms with Crippen LogP contribution in [0.2, 0.25) is 5.02 Å². The van der Waals surface area contributed by atoms with Crippen molar-refractivity contribution in [2.45, 2.75) is 39.6 Å². The largest absolute Gasteiger partial charge is 0.390 e. The van der Waals surface area contributed by atoms with E-state index in [4.69, 9.17) is 11.6 Å². The van der Waals surface area contributed by atoms with Crippen molar-refractivity contribution in [1.82, 2.24) is 19.7 Å². The van der Waals surface area contributed by atoms with E-state index in [0.29, 0.717) is 5.02 Å². The topological polar surface area (TPSA) is 54.2 Å². The third-order valence-electron chi connectivity index (χ3n) is 4.00. The number of aromatic nitrogens is 3. The van der Waals surface area contributed by atoms with Crippen molar-refractivity contribution in [2.75, 3.05) is 6.54 Å². The summed E-state index contributed by atoms with van der Waals surface area (Å²) in [7, 11) is 0. The average Bonchev–Trinajstić information content (AvgIpc) is 2.87. The number of fused-ring (bicyclic) bond motifs is 1. The van der Waals surface area contributed by atoms with Crippen LogP contribution in [0.5, 0.6) is 0 Å². The van der Waals surface area contributed by atoms with Crippen LogP contribution in [-0.4, -0.2) is 31.3 Å². The quantitative estimate of drug-likeness (QED) is 0.939. The molecule has 0 fully saturated rings. The number of aliphatic hydroxyl groups is 1. The first-order valence-corrected chi connectivity index (χ1v) is 7.59. The van der Waals surface area contributed by atoms with Crippen LogP contribution in [-0.2, 0) is 32.7 Å². The second kappa shape index (κ2) is 6.13. The van der Waals surface area contributed by atoms with Gasteiger partial charge in [0.1, 0.15) is 0 Å². The fourth-order valence-corrected chi connectivity index (χ4v) is 3.09. The first kappa shape index (κ1) is 14.5. The van der Waals surface area contributed by atoms with Gasteiger partial charge in [-0.25, -0.2) is 0 Å². The number of halogens is 1. The first-order valence-electron chi connectivity index (χ1n) is 7.22. The lowest BCUT2D eigenvalue weighted by Gasteiger charge is -2.28. The third-order valence-corrected chi connectivity index (χ3v) is 4.34. The summed E-state index contributed by atoms with van der Waals surface area (Å²) in [6, 6.07) is 1.96. The maximum absolute atomic E-state index is 9.50. The number of hydrogen-bond acceptors (Lipinski definition) is 4. The minimum Gasteiger partial charge on any atom is -0.390 e. The summed E-state index contributed by atoms with van der Waals surface area (Å²) in [6.07, 6.45) is 4.41. The molecule has 6 heteroatoms. The maximum atomic E-state index is 9.50. The summed E-state index contributed by atoms with van der Waals surface area (Å²) in [4.78, 5) is 6.36. The Hall–Kier alpha value is -1.43. The summed E-state index contributed by atoms with van der Waals surface area (Å²) in [5.41, 5.74) is 4.33. The molecule has 3 heterocycles. The molecule has 0 aromatic carbocycles. The average molecular weight is 307 g/mol.